The molecule has 0 saturated carbocycles. The quantitative estimate of drug-likeness (QED) is 0.729. The minimum Gasteiger partial charge on any atom is -0.481 e. The lowest BCUT2D eigenvalue weighted by Gasteiger charge is -2.20. The first-order valence-electron chi connectivity index (χ1n) is 8.83. The third-order valence-corrected chi connectivity index (χ3v) is 5.46. The van der Waals surface area contributed by atoms with Gasteiger partial charge in [0.2, 0.25) is 0 Å². The Hall–Kier alpha value is -2.60. The molecular weight excluding hydrogens is 360 g/mol. The highest BCUT2D eigenvalue weighted by Gasteiger charge is 2.17. The first-order chi connectivity index (χ1) is 12.6. The number of fused-ring (bicyclic) bond motifs is 1. The van der Waals surface area contributed by atoms with Crippen molar-refractivity contribution < 1.29 is 9.53 Å². The van der Waals surface area contributed by atoms with Crippen molar-refractivity contribution >= 4 is 33.1 Å². The van der Waals surface area contributed by atoms with Gasteiger partial charge >= 0.3 is 4.87 Å². The molecule has 0 spiro atoms. The smallest absolute Gasteiger partial charge is 0.307 e. The van der Waals surface area contributed by atoms with E-state index < -0.39 is 6.10 Å². The summed E-state index contributed by atoms with van der Waals surface area (Å²) in [6.07, 6.45) is -0.643. The Balaban J connectivity index is 1.68. The van der Waals surface area contributed by atoms with Gasteiger partial charge in [-0.2, -0.15) is 0 Å². The van der Waals surface area contributed by atoms with E-state index in [0.717, 1.165) is 21.6 Å². The normalized spacial score (nSPS) is 12.8. The molecule has 0 aliphatic heterocycles. The van der Waals surface area contributed by atoms with E-state index in [9.17, 15) is 9.59 Å². The van der Waals surface area contributed by atoms with E-state index in [4.69, 9.17) is 4.74 Å². The predicted molar refractivity (Wildman–Crippen MR) is 111 cm³/mol. The fourth-order valence-electron chi connectivity index (χ4n) is 2.75. The summed E-state index contributed by atoms with van der Waals surface area (Å²) in [6, 6.07) is 13.2. The Bertz CT molecular complexity index is 1030. The number of thiazole rings is 1. The first kappa shape index (κ1) is 19.2. The fourth-order valence-corrected chi connectivity index (χ4v) is 3.67. The second-order valence-electron chi connectivity index (χ2n) is 7.63. The number of carbonyl (C=O) groups excluding carboxylic acids is 1. The molecule has 6 heteroatoms. The lowest BCUT2D eigenvalue weighted by atomic mass is 9.87. The van der Waals surface area contributed by atoms with E-state index in [2.05, 4.69) is 26.1 Å². The lowest BCUT2D eigenvalue weighted by Crippen LogP contribution is -2.30. The Morgan fingerprint density at radius 2 is 1.81 bits per heavy atom. The molecule has 0 bridgehead atoms. The molecule has 3 aromatic rings. The van der Waals surface area contributed by atoms with Crippen LogP contribution in [0.5, 0.6) is 5.75 Å². The maximum atomic E-state index is 12.5. The number of rotatable bonds is 4. The third kappa shape index (κ3) is 4.22. The van der Waals surface area contributed by atoms with Gasteiger partial charge in [-0.25, -0.2) is 0 Å². The average Bonchev–Trinajstić information content (AvgIpc) is 2.88. The second kappa shape index (κ2) is 7.19. The topological polar surface area (TPSA) is 60.3 Å². The summed E-state index contributed by atoms with van der Waals surface area (Å²) in [4.78, 5) is 24.2. The van der Waals surface area contributed by atoms with Crippen LogP contribution in [0.1, 0.15) is 33.3 Å². The number of ether oxygens (including phenoxy) is 1. The maximum absolute atomic E-state index is 12.5. The van der Waals surface area contributed by atoms with Crippen molar-refractivity contribution in [1.29, 1.82) is 0 Å². The van der Waals surface area contributed by atoms with Gasteiger partial charge in [-0.3, -0.25) is 9.59 Å². The van der Waals surface area contributed by atoms with Crippen LogP contribution < -0.4 is 14.9 Å². The summed E-state index contributed by atoms with van der Waals surface area (Å²) in [5.41, 5.74) is 2.78. The largest absolute Gasteiger partial charge is 0.481 e. The van der Waals surface area contributed by atoms with Gasteiger partial charge in [0.1, 0.15) is 5.75 Å². The first-order valence-corrected chi connectivity index (χ1v) is 9.64. The number of amides is 1. The van der Waals surface area contributed by atoms with Crippen LogP contribution in [0.3, 0.4) is 0 Å². The number of hydrogen-bond donors (Lipinski definition) is 1. The zero-order valence-corrected chi connectivity index (χ0v) is 17.0. The maximum Gasteiger partial charge on any atom is 0.307 e. The van der Waals surface area contributed by atoms with E-state index >= 15 is 0 Å². The number of nitrogens with one attached hydrogen (secondary N) is 1. The Morgan fingerprint density at radius 1 is 1.15 bits per heavy atom. The lowest BCUT2D eigenvalue weighted by molar-refractivity contribution is -0.122. The fraction of sp³-hybridized carbons (Fsp3) is 0.333. The highest BCUT2D eigenvalue weighted by Crippen LogP contribution is 2.25. The van der Waals surface area contributed by atoms with Gasteiger partial charge in [0.05, 0.1) is 10.2 Å². The van der Waals surface area contributed by atoms with Crippen LogP contribution in [-0.2, 0) is 17.3 Å². The Kier molecular flexibility index (Phi) is 5.11. The molecule has 0 aliphatic carbocycles. The zero-order chi connectivity index (χ0) is 19.8. The molecule has 0 radical (unpaired) electrons. The van der Waals surface area contributed by atoms with Gasteiger partial charge < -0.3 is 14.6 Å². The molecule has 0 unspecified atom stereocenters. The van der Waals surface area contributed by atoms with E-state index in [0.29, 0.717) is 11.4 Å². The minimum absolute atomic E-state index is 0.0242. The van der Waals surface area contributed by atoms with Crippen molar-refractivity contribution in [2.45, 2.75) is 39.2 Å². The van der Waals surface area contributed by atoms with Crippen LogP contribution in [0.25, 0.3) is 10.2 Å². The van der Waals surface area contributed by atoms with Gasteiger partial charge in [-0.15, -0.1) is 0 Å². The van der Waals surface area contributed by atoms with Gasteiger partial charge in [0.15, 0.2) is 6.10 Å². The molecule has 3 rings (SSSR count). The van der Waals surface area contributed by atoms with Crippen LogP contribution in [0, 0.1) is 0 Å². The highest BCUT2D eigenvalue weighted by molar-refractivity contribution is 7.16. The van der Waals surface area contributed by atoms with E-state index in [1.807, 2.05) is 36.4 Å². The Labute approximate surface area is 162 Å². The number of anilines is 1. The summed E-state index contributed by atoms with van der Waals surface area (Å²) >= 11 is 1.16. The number of aryl methyl sites for hydroxylation is 1. The van der Waals surface area contributed by atoms with E-state index in [1.165, 1.54) is 5.56 Å². The molecule has 0 saturated heterocycles. The molecular formula is C21H24N2O3S. The van der Waals surface area contributed by atoms with Crippen molar-refractivity contribution in [3.05, 3.63) is 57.7 Å². The summed E-state index contributed by atoms with van der Waals surface area (Å²) in [7, 11) is 1.74. The molecule has 1 N–H and O–H groups in total. The number of hydrogen-bond acceptors (Lipinski definition) is 4. The summed E-state index contributed by atoms with van der Waals surface area (Å²) in [5, 5.41) is 2.85. The van der Waals surface area contributed by atoms with Crippen molar-refractivity contribution in [2.75, 3.05) is 5.32 Å². The molecule has 0 aliphatic rings. The molecule has 1 amide bonds. The SMILES string of the molecule is C[C@H](Oc1ccc(C(C)(C)C)cc1)C(=O)Nc1ccc2c(c1)sc(=O)n2C. The average molecular weight is 385 g/mol. The highest BCUT2D eigenvalue weighted by atomic mass is 32.1. The van der Waals surface area contributed by atoms with Crippen molar-refractivity contribution in [3.63, 3.8) is 0 Å². The van der Waals surface area contributed by atoms with Gasteiger partial charge in [-0.05, 0) is 48.2 Å². The van der Waals surface area contributed by atoms with Crippen LogP contribution in [0.15, 0.2) is 47.3 Å². The number of carbonyl (C=O) groups is 1. The van der Waals surface area contributed by atoms with E-state index in [1.54, 1.807) is 24.6 Å². The van der Waals surface area contributed by atoms with Crippen molar-refractivity contribution in [2.24, 2.45) is 7.05 Å². The second-order valence-corrected chi connectivity index (χ2v) is 8.63. The molecule has 27 heavy (non-hydrogen) atoms. The standard InChI is InChI=1S/C21H24N2O3S/c1-13(26-16-9-6-14(7-10-16)21(2,3)4)19(24)22-15-8-11-17-18(12-15)27-20(25)23(17)5/h6-13H,1-5H3,(H,22,24)/t13-/m0/s1. The summed E-state index contributed by atoms with van der Waals surface area (Å²) < 4.78 is 8.20. The number of aromatic nitrogens is 1. The van der Waals surface area contributed by atoms with Gasteiger partial charge in [0.25, 0.3) is 5.91 Å². The van der Waals surface area contributed by atoms with Crippen molar-refractivity contribution in [3.8, 4) is 5.75 Å². The summed E-state index contributed by atoms with van der Waals surface area (Å²) in [6.45, 7) is 8.17. The molecule has 5 nitrogen and oxygen atoms in total. The van der Waals surface area contributed by atoms with Crippen LogP contribution in [-0.4, -0.2) is 16.6 Å². The van der Waals surface area contributed by atoms with Crippen molar-refractivity contribution in [1.82, 2.24) is 4.57 Å². The molecule has 0 fully saturated rings. The van der Waals surface area contributed by atoms with Crippen LogP contribution in [0.2, 0.25) is 0 Å². The zero-order valence-electron chi connectivity index (χ0n) is 16.2. The third-order valence-electron chi connectivity index (χ3n) is 4.46. The summed E-state index contributed by atoms with van der Waals surface area (Å²) in [5.74, 6) is 0.417. The molecule has 142 valence electrons. The number of benzene rings is 2. The van der Waals surface area contributed by atoms with Gasteiger partial charge in [0, 0.05) is 12.7 Å². The van der Waals surface area contributed by atoms with E-state index in [-0.39, 0.29) is 16.2 Å². The molecule has 1 heterocycles. The number of nitrogens with zero attached hydrogens (tertiary/aromatic N) is 1. The minimum atomic E-state index is -0.643. The monoisotopic (exact) mass is 384 g/mol. The van der Waals surface area contributed by atoms with Crippen LogP contribution >= 0.6 is 11.3 Å². The predicted octanol–water partition coefficient (Wildman–Crippen LogP) is 4.30. The Morgan fingerprint density at radius 3 is 2.44 bits per heavy atom. The van der Waals surface area contributed by atoms with Gasteiger partial charge in [-0.1, -0.05) is 44.2 Å². The molecule has 1 atom stereocenters. The molecule has 1 aromatic heterocycles. The van der Waals surface area contributed by atoms with Crippen LogP contribution in [0.4, 0.5) is 5.69 Å². The molecule has 2 aromatic carbocycles.